The number of benzene rings is 1. The number of rotatable bonds is 9. The van der Waals surface area contributed by atoms with E-state index in [1.807, 2.05) is 6.08 Å². The SMILES string of the molecule is C=CC(NC/N=c1/c(-c2cc(F)c(F)c(F)c2)cccn1N=C)C1CCN(/C(S)=C/C(C)=N)C1. The molecule has 2 unspecified atom stereocenters. The highest BCUT2D eigenvalue weighted by Gasteiger charge is 2.28. The van der Waals surface area contributed by atoms with Crippen molar-refractivity contribution in [2.75, 3.05) is 19.8 Å². The third-order valence-electron chi connectivity index (χ3n) is 5.61. The Morgan fingerprint density at radius 3 is 2.68 bits per heavy atom. The molecule has 180 valence electrons. The molecule has 0 amide bonds. The minimum absolute atomic E-state index is 0.0472. The summed E-state index contributed by atoms with van der Waals surface area (Å²) < 4.78 is 42.5. The van der Waals surface area contributed by atoms with Crippen LogP contribution in [0.3, 0.4) is 0 Å². The van der Waals surface area contributed by atoms with Crippen LogP contribution in [0.1, 0.15) is 13.3 Å². The van der Waals surface area contributed by atoms with Gasteiger partial charge in [0.05, 0.1) is 11.7 Å². The van der Waals surface area contributed by atoms with Crippen LogP contribution in [0.25, 0.3) is 11.1 Å². The van der Waals surface area contributed by atoms with Crippen molar-refractivity contribution < 1.29 is 13.2 Å². The van der Waals surface area contributed by atoms with Crippen molar-refractivity contribution >= 4 is 25.1 Å². The fraction of sp³-hybridized carbons (Fsp3) is 0.292. The number of aromatic nitrogens is 1. The van der Waals surface area contributed by atoms with E-state index in [9.17, 15) is 13.2 Å². The van der Waals surface area contributed by atoms with E-state index in [-0.39, 0.29) is 24.2 Å². The van der Waals surface area contributed by atoms with Gasteiger partial charge < -0.3 is 10.3 Å². The number of pyridine rings is 1. The van der Waals surface area contributed by atoms with Crippen molar-refractivity contribution in [2.45, 2.75) is 19.4 Å². The number of hydrogen-bond acceptors (Lipinski definition) is 6. The van der Waals surface area contributed by atoms with Gasteiger partial charge >= 0.3 is 0 Å². The van der Waals surface area contributed by atoms with Crippen molar-refractivity contribution in [2.24, 2.45) is 16.0 Å². The summed E-state index contributed by atoms with van der Waals surface area (Å²) in [6.45, 7) is 10.9. The molecule has 1 aliphatic heterocycles. The van der Waals surface area contributed by atoms with Gasteiger partial charge in [-0.05, 0) is 55.2 Å². The molecule has 2 heterocycles. The van der Waals surface area contributed by atoms with E-state index in [0.717, 1.165) is 36.7 Å². The van der Waals surface area contributed by atoms with E-state index < -0.39 is 17.5 Å². The molecule has 1 aromatic heterocycles. The van der Waals surface area contributed by atoms with Crippen LogP contribution >= 0.6 is 12.6 Å². The zero-order valence-corrected chi connectivity index (χ0v) is 19.7. The molecule has 1 saturated heterocycles. The van der Waals surface area contributed by atoms with Gasteiger partial charge in [0.1, 0.15) is 0 Å². The highest BCUT2D eigenvalue weighted by atomic mass is 32.1. The maximum absolute atomic E-state index is 13.8. The molecule has 10 heteroatoms. The lowest BCUT2D eigenvalue weighted by atomic mass is 9.99. The van der Waals surface area contributed by atoms with E-state index in [4.69, 9.17) is 5.41 Å². The predicted molar refractivity (Wildman–Crippen MR) is 132 cm³/mol. The highest BCUT2D eigenvalue weighted by molar-refractivity contribution is 7.84. The lowest BCUT2D eigenvalue weighted by Gasteiger charge is -2.22. The van der Waals surface area contributed by atoms with E-state index in [1.54, 1.807) is 31.3 Å². The van der Waals surface area contributed by atoms with E-state index in [0.29, 0.717) is 16.8 Å². The molecule has 0 radical (unpaired) electrons. The molecule has 1 aliphatic rings. The van der Waals surface area contributed by atoms with Crippen LogP contribution in [-0.4, -0.2) is 47.8 Å². The summed E-state index contributed by atoms with van der Waals surface area (Å²) in [4.78, 5) is 6.67. The van der Waals surface area contributed by atoms with Crippen molar-refractivity contribution in [3.05, 3.63) is 77.2 Å². The van der Waals surface area contributed by atoms with Crippen LogP contribution in [0.4, 0.5) is 13.2 Å². The minimum atomic E-state index is -1.52. The lowest BCUT2D eigenvalue weighted by molar-refractivity contribution is 0.386. The van der Waals surface area contributed by atoms with Crippen molar-refractivity contribution in [1.29, 1.82) is 5.41 Å². The number of hydrogen-bond donors (Lipinski definition) is 3. The van der Waals surface area contributed by atoms with Gasteiger partial charge in [-0.25, -0.2) is 17.8 Å². The Morgan fingerprint density at radius 2 is 2.06 bits per heavy atom. The van der Waals surface area contributed by atoms with Crippen LogP contribution in [-0.2, 0) is 0 Å². The summed E-state index contributed by atoms with van der Waals surface area (Å²) in [6.07, 6.45) is 6.06. The van der Waals surface area contributed by atoms with Crippen LogP contribution in [0, 0.1) is 28.8 Å². The highest BCUT2D eigenvalue weighted by Crippen LogP contribution is 2.25. The van der Waals surface area contributed by atoms with Crippen molar-refractivity contribution in [3.8, 4) is 11.1 Å². The Bertz CT molecular complexity index is 1170. The molecule has 2 N–H and O–H groups in total. The number of thiol groups is 1. The molecular formula is C24H27F3N6S. The first-order valence-corrected chi connectivity index (χ1v) is 11.1. The maximum Gasteiger partial charge on any atom is 0.194 e. The molecular weight excluding hydrogens is 461 g/mol. The summed E-state index contributed by atoms with van der Waals surface area (Å²) in [5.41, 5.74) is 1.26. The molecule has 1 aromatic carbocycles. The second kappa shape index (κ2) is 11.3. The fourth-order valence-electron chi connectivity index (χ4n) is 3.94. The van der Waals surface area contributed by atoms with Gasteiger partial charge in [-0.1, -0.05) is 6.08 Å². The summed E-state index contributed by atoms with van der Waals surface area (Å²) in [5, 5.41) is 15.6. The number of nitrogens with zero attached hydrogens (tertiary/aromatic N) is 4. The van der Waals surface area contributed by atoms with Crippen LogP contribution in [0.5, 0.6) is 0 Å². The number of allylic oxidation sites excluding steroid dienone is 1. The van der Waals surface area contributed by atoms with E-state index in [2.05, 4.69) is 46.2 Å². The zero-order valence-electron chi connectivity index (χ0n) is 18.8. The monoisotopic (exact) mass is 488 g/mol. The first-order valence-electron chi connectivity index (χ1n) is 10.7. The molecule has 0 aliphatic carbocycles. The number of halogens is 3. The average Bonchev–Trinajstić information content (AvgIpc) is 3.29. The van der Waals surface area contributed by atoms with Gasteiger partial charge in [-0.2, -0.15) is 5.10 Å². The first-order chi connectivity index (χ1) is 16.2. The topological polar surface area (TPSA) is 68.8 Å². The van der Waals surface area contributed by atoms with Crippen LogP contribution in [0.15, 0.2) is 64.3 Å². The van der Waals surface area contributed by atoms with E-state index in [1.165, 1.54) is 4.68 Å². The van der Waals surface area contributed by atoms with Crippen LogP contribution in [0.2, 0.25) is 0 Å². The fourth-order valence-corrected chi connectivity index (χ4v) is 4.31. The molecule has 2 atom stereocenters. The molecule has 2 aromatic rings. The molecule has 3 rings (SSSR count). The lowest BCUT2D eigenvalue weighted by Crippen LogP contribution is -2.37. The minimum Gasteiger partial charge on any atom is -0.366 e. The molecule has 0 spiro atoms. The summed E-state index contributed by atoms with van der Waals surface area (Å²) in [5.74, 6) is -3.83. The van der Waals surface area contributed by atoms with Crippen LogP contribution < -0.4 is 10.8 Å². The van der Waals surface area contributed by atoms with Gasteiger partial charge in [0.25, 0.3) is 0 Å². The number of nitrogens with one attached hydrogen (secondary N) is 2. The van der Waals surface area contributed by atoms with Crippen molar-refractivity contribution in [1.82, 2.24) is 14.9 Å². The quantitative estimate of drug-likeness (QED) is 0.215. The molecule has 6 nitrogen and oxygen atoms in total. The first kappa shape index (κ1) is 25.5. The molecule has 1 fully saturated rings. The standard InChI is InChI=1S/C24H27F3N6S/c1-4-21(16-7-9-32(13-16)22(34)10-15(2)28)30-14-31-24-18(6-5-8-33(24)29-3)17-11-19(25)23(27)20(26)12-17/h4-6,8,10-12,16,21,28,30,34H,1,3,7,9,13-14H2,2H3/b22-10-,28-15?,31-24-. The zero-order chi connectivity index (χ0) is 24.8. The maximum atomic E-state index is 13.8. The van der Waals surface area contributed by atoms with Gasteiger partial charge in [-0.3, -0.25) is 10.3 Å². The second-order valence-electron chi connectivity index (χ2n) is 7.95. The molecule has 34 heavy (non-hydrogen) atoms. The Labute approximate surface area is 202 Å². The van der Waals surface area contributed by atoms with E-state index >= 15 is 0 Å². The summed E-state index contributed by atoms with van der Waals surface area (Å²) in [6, 6.07) is 5.05. The largest absolute Gasteiger partial charge is 0.366 e. The van der Waals surface area contributed by atoms with Crippen molar-refractivity contribution in [3.63, 3.8) is 0 Å². The number of likely N-dealkylation sites (tertiary alicyclic amines) is 1. The third-order valence-corrected chi connectivity index (χ3v) is 6.02. The Kier molecular flexibility index (Phi) is 8.51. The second-order valence-corrected chi connectivity index (χ2v) is 8.41. The normalized spacial score (nSPS) is 17.7. The van der Waals surface area contributed by atoms with Gasteiger partial charge in [0.2, 0.25) is 0 Å². The van der Waals surface area contributed by atoms with Gasteiger partial charge in [0, 0.05) is 43.3 Å². The average molecular weight is 489 g/mol. The third kappa shape index (κ3) is 5.87. The van der Waals surface area contributed by atoms with Gasteiger partial charge in [-0.15, -0.1) is 19.2 Å². The smallest absolute Gasteiger partial charge is 0.194 e. The molecule has 0 saturated carbocycles. The Morgan fingerprint density at radius 1 is 1.35 bits per heavy atom. The summed E-state index contributed by atoms with van der Waals surface area (Å²) >= 11 is 4.50. The predicted octanol–water partition coefficient (Wildman–Crippen LogP) is 4.17. The Balaban J connectivity index is 1.82. The summed E-state index contributed by atoms with van der Waals surface area (Å²) in [7, 11) is 0. The van der Waals surface area contributed by atoms with Gasteiger partial charge in [0.15, 0.2) is 22.9 Å². The molecule has 0 bridgehead atoms. The Hall–Kier alpha value is -3.11.